The van der Waals surface area contributed by atoms with Gasteiger partial charge < -0.3 is 19.7 Å². The van der Waals surface area contributed by atoms with Crippen LogP contribution in [0.1, 0.15) is 30.3 Å². The van der Waals surface area contributed by atoms with Crippen LogP contribution in [0.3, 0.4) is 0 Å². The number of aromatic nitrogens is 1. The van der Waals surface area contributed by atoms with Crippen LogP contribution in [0.5, 0.6) is 11.5 Å². The number of carbonyl (C=O) groups excluding carboxylic acids is 1. The van der Waals surface area contributed by atoms with Gasteiger partial charge in [-0.3, -0.25) is 4.79 Å². The average Bonchev–Trinajstić information content (AvgIpc) is 2.71. The first-order chi connectivity index (χ1) is 13.2. The van der Waals surface area contributed by atoms with Gasteiger partial charge in [0.2, 0.25) is 0 Å². The number of anilines is 1. The van der Waals surface area contributed by atoms with Crippen LogP contribution in [0.15, 0.2) is 42.6 Å². The molecule has 0 bridgehead atoms. The van der Waals surface area contributed by atoms with Crippen LogP contribution >= 0.6 is 0 Å². The number of pyridine rings is 1. The fourth-order valence-corrected chi connectivity index (χ4v) is 3.20. The Labute approximate surface area is 160 Å². The predicted octanol–water partition coefficient (Wildman–Crippen LogP) is 3.45. The fraction of sp³-hybridized carbons (Fsp3) is 0.429. The van der Waals surface area contributed by atoms with Crippen LogP contribution in [0.25, 0.3) is 0 Å². The van der Waals surface area contributed by atoms with Crippen LogP contribution in [-0.2, 0) is 0 Å². The minimum atomic E-state index is 0.0240. The molecule has 1 saturated heterocycles. The Bertz CT molecular complexity index is 731. The Hall–Kier alpha value is -2.76. The SMILES string of the molecule is COc1ccc(OCCNc2ccc(C(=O)N3CCCC(C)C3)nc2)cc1. The van der Waals surface area contributed by atoms with Crippen molar-refractivity contribution in [2.75, 3.05) is 38.7 Å². The lowest BCUT2D eigenvalue weighted by Crippen LogP contribution is -2.39. The molecule has 27 heavy (non-hydrogen) atoms. The summed E-state index contributed by atoms with van der Waals surface area (Å²) in [6, 6.07) is 11.2. The summed E-state index contributed by atoms with van der Waals surface area (Å²) in [5.74, 6) is 2.19. The topological polar surface area (TPSA) is 63.7 Å². The Morgan fingerprint density at radius 3 is 2.67 bits per heavy atom. The maximum atomic E-state index is 12.5. The number of amides is 1. The molecular formula is C21H27N3O3. The van der Waals surface area contributed by atoms with E-state index in [9.17, 15) is 4.79 Å². The molecule has 1 aliphatic heterocycles. The molecule has 3 rings (SSSR count). The van der Waals surface area contributed by atoms with Crippen LogP contribution in [-0.4, -0.2) is 49.1 Å². The fourth-order valence-electron chi connectivity index (χ4n) is 3.20. The van der Waals surface area contributed by atoms with E-state index in [0.29, 0.717) is 24.8 Å². The van der Waals surface area contributed by atoms with Gasteiger partial charge in [-0.05, 0) is 55.2 Å². The quantitative estimate of drug-likeness (QED) is 0.758. The van der Waals surface area contributed by atoms with Crippen LogP contribution in [0.4, 0.5) is 5.69 Å². The Kier molecular flexibility index (Phi) is 6.52. The molecule has 0 saturated carbocycles. The van der Waals surface area contributed by atoms with Crippen molar-refractivity contribution in [3.63, 3.8) is 0 Å². The molecule has 1 aliphatic rings. The molecule has 1 N–H and O–H groups in total. The van der Waals surface area contributed by atoms with Gasteiger partial charge in [0, 0.05) is 19.6 Å². The largest absolute Gasteiger partial charge is 0.497 e. The van der Waals surface area contributed by atoms with Gasteiger partial charge in [0.15, 0.2) is 0 Å². The lowest BCUT2D eigenvalue weighted by Gasteiger charge is -2.30. The number of hydrogen-bond donors (Lipinski definition) is 1. The number of benzene rings is 1. The third kappa shape index (κ3) is 5.36. The number of likely N-dealkylation sites (tertiary alicyclic amines) is 1. The minimum Gasteiger partial charge on any atom is -0.497 e. The molecule has 2 heterocycles. The molecular weight excluding hydrogens is 342 g/mol. The van der Waals surface area contributed by atoms with E-state index in [4.69, 9.17) is 9.47 Å². The number of piperidine rings is 1. The highest BCUT2D eigenvalue weighted by molar-refractivity contribution is 5.92. The van der Waals surface area contributed by atoms with Crippen LogP contribution in [0.2, 0.25) is 0 Å². The van der Waals surface area contributed by atoms with Crippen LogP contribution in [0, 0.1) is 5.92 Å². The summed E-state index contributed by atoms with van der Waals surface area (Å²) in [5, 5.41) is 3.25. The van der Waals surface area contributed by atoms with Gasteiger partial charge >= 0.3 is 0 Å². The van der Waals surface area contributed by atoms with Crippen molar-refractivity contribution < 1.29 is 14.3 Å². The van der Waals surface area contributed by atoms with E-state index >= 15 is 0 Å². The summed E-state index contributed by atoms with van der Waals surface area (Å²) in [6.45, 7) is 5.01. The Morgan fingerprint density at radius 2 is 2.00 bits per heavy atom. The van der Waals surface area contributed by atoms with Crippen molar-refractivity contribution in [3.05, 3.63) is 48.3 Å². The van der Waals surface area contributed by atoms with E-state index in [-0.39, 0.29) is 5.91 Å². The van der Waals surface area contributed by atoms with Gasteiger partial charge in [-0.15, -0.1) is 0 Å². The summed E-state index contributed by atoms with van der Waals surface area (Å²) < 4.78 is 10.8. The predicted molar refractivity (Wildman–Crippen MR) is 106 cm³/mol. The Balaban J connectivity index is 1.44. The van der Waals surface area contributed by atoms with Crippen molar-refractivity contribution >= 4 is 11.6 Å². The molecule has 0 radical (unpaired) electrons. The van der Waals surface area contributed by atoms with E-state index in [1.165, 1.54) is 6.42 Å². The van der Waals surface area contributed by atoms with Gasteiger partial charge in [0.25, 0.3) is 5.91 Å². The first kappa shape index (κ1) is 19.0. The standard InChI is InChI=1S/C21H27N3O3/c1-16-4-3-12-24(15-16)21(25)20-10-5-17(14-23-20)22-11-13-27-19-8-6-18(26-2)7-9-19/h5-10,14,16,22H,3-4,11-13,15H2,1-2H3. The van der Waals surface area contributed by atoms with Gasteiger partial charge in [0.1, 0.15) is 23.8 Å². The van der Waals surface area contributed by atoms with E-state index in [0.717, 1.165) is 36.7 Å². The second kappa shape index (κ2) is 9.26. The monoisotopic (exact) mass is 369 g/mol. The van der Waals surface area contributed by atoms with E-state index in [1.807, 2.05) is 35.2 Å². The molecule has 1 aromatic heterocycles. The van der Waals surface area contributed by atoms with Gasteiger partial charge in [-0.25, -0.2) is 4.98 Å². The summed E-state index contributed by atoms with van der Waals surface area (Å²) in [6.07, 6.45) is 3.97. The lowest BCUT2D eigenvalue weighted by molar-refractivity contribution is 0.0677. The number of nitrogens with one attached hydrogen (secondary N) is 1. The van der Waals surface area contributed by atoms with E-state index in [1.54, 1.807) is 19.4 Å². The molecule has 2 aromatic rings. The summed E-state index contributed by atoms with van der Waals surface area (Å²) >= 11 is 0. The average molecular weight is 369 g/mol. The molecule has 144 valence electrons. The summed E-state index contributed by atoms with van der Waals surface area (Å²) in [4.78, 5) is 18.8. The van der Waals surface area contributed by atoms with Crippen molar-refractivity contribution in [2.24, 2.45) is 5.92 Å². The number of ether oxygens (including phenoxy) is 2. The van der Waals surface area contributed by atoms with E-state index < -0.39 is 0 Å². The maximum absolute atomic E-state index is 12.5. The minimum absolute atomic E-state index is 0.0240. The first-order valence-electron chi connectivity index (χ1n) is 9.42. The maximum Gasteiger partial charge on any atom is 0.272 e. The molecule has 0 aliphatic carbocycles. The number of carbonyl (C=O) groups is 1. The number of nitrogens with zero attached hydrogens (tertiary/aromatic N) is 2. The van der Waals surface area contributed by atoms with Crippen LogP contribution < -0.4 is 14.8 Å². The highest BCUT2D eigenvalue weighted by Gasteiger charge is 2.22. The highest BCUT2D eigenvalue weighted by Crippen LogP contribution is 2.18. The van der Waals surface area contributed by atoms with Crippen molar-refractivity contribution in [1.82, 2.24) is 9.88 Å². The number of rotatable bonds is 7. The lowest BCUT2D eigenvalue weighted by atomic mass is 10.00. The normalized spacial score (nSPS) is 16.7. The van der Waals surface area contributed by atoms with Crippen molar-refractivity contribution in [3.8, 4) is 11.5 Å². The molecule has 1 atom stereocenters. The molecule has 0 spiro atoms. The summed E-state index contributed by atoms with van der Waals surface area (Å²) in [7, 11) is 1.64. The second-order valence-corrected chi connectivity index (χ2v) is 6.88. The van der Waals surface area contributed by atoms with Gasteiger partial charge in [0.05, 0.1) is 19.0 Å². The zero-order valence-electron chi connectivity index (χ0n) is 16.0. The number of hydrogen-bond acceptors (Lipinski definition) is 5. The third-order valence-corrected chi connectivity index (χ3v) is 4.69. The molecule has 6 nitrogen and oxygen atoms in total. The van der Waals surface area contributed by atoms with Gasteiger partial charge in [-0.1, -0.05) is 6.92 Å². The van der Waals surface area contributed by atoms with Gasteiger partial charge in [-0.2, -0.15) is 0 Å². The Morgan fingerprint density at radius 1 is 1.22 bits per heavy atom. The molecule has 1 unspecified atom stereocenters. The second-order valence-electron chi connectivity index (χ2n) is 6.88. The zero-order chi connectivity index (χ0) is 19.1. The molecule has 1 amide bonds. The zero-order valence-corrected chi connectivity index (χ0v) is 16.0. The molecule has 1 aromatic carbocycles. The third-order valence-electron chi connectivity index (χ3n) is 4.69. The highest BCUT2D eigenvalue weighted by atomic mass is 16.5. The number of methoxy groups -OCH3 is 1. The summed E-state index contributed by atoms with van der Waals surface area (Å²) in [5.41, 5.74) is 1.38. The molecule has 1 fully saturated rings. The van der Waals surface area contributed by atoms with E-state index in [2.05, 4.69) is 17.2 Å². The van der Waals surface area contributed by atoms with Crippen molar-refractivity contribution in [2.45, 2.75) is 19.8 Å². The molecule has 6 heteroatoms. The first-order valence-corrected chi connectivity index (χ1v) is 9.42. The van der Waals surface area contributed by atoms with Crippen molar-refractivity contribution in [1.29, 1.82) is 0 Å². The smallest absolute Gasteiger partial charge is 0.272 e.